The molecule has 2 aliphatic rings. The maximum Gasteiger partial charge on any atom is 0.253 e. The molecule has 0 radical (unpaired) electrons. The number of piperidine rings is 1. The van der Waals surface area contributed by atoms with Crippen molar-refractivity contribution in [1.82, 2.24) is 14.9 Å². The average Bonchev–Trinajstić information content (AvgIpc) is 3.06. The first-order chi connectivity index (χ1) is 11.7. The Bertz CT molecular complexity index is 720. The zero-order chi connectivity index (χ0) is 16.5. The topological polar surface area (TPSA) is 69.6 Å². The van der Waals surface area contributed by atoms with Crippen molar-refractivity contribution in [2.75, 3.05) is 31.1 Å². The molecule has 6 nitrogen and oxygen atoms in total. The summed E-state index contributed by atoms with van der Waals surface area (Å²) in [6, 6.07) is 6.50. The maximum atomic E-state index is 12.7. The predicted octanol–water partition coefficient (Wildman–Crippen LogP) is 1.78. The van der Waals surface area contributed by atoms with Crippen molar-refractivity contribution in [3.8, 4) is 5.75 Å². The van der Waals surface area contributed by atoms with Crippen molar-refractivity contribution >= 4 is 11.7 Å². The minimum atomic E-state index is 0.0513. The van der Waals surface area contributed by atoms with Crippen LogP contribution in [0.5, 0.6) is 5.75 Å². The van der Waals surface area contributed by atoms with Crippen molar-refractivity contribution in [1.29, 1.82) is 0 Å². The van der Waals surface area contributed by atoms with Gasteiger partial charge < -0.3 is 14.9 Å². The molecule has 0 spiro atoms. The SMILES string of the molecule is O=C(c1ccc(O)cc1)N1C[C@@H]2CCN(c3cnccn3)C[C@@H]2C1. The highest BCUT2D eigenvalue weighted by Gasteiger charge is 2.39. The molecule has 6 heteroatoms. The van der Waals surface area contributed by atoms with Gasteiger partial charge >= 0.3 is 0 Å². The van der Waals surface area contributed by atoms with Crippen LogP contribution >= 0.6 is 0 Å². The van der Waals surface area contributed by atoms with Crippen molar-refractivity contribution in [3.63, 3.8) is 0 Å². The Balaban J connectivity index is 1.44. The number of carbonyl (C=O) groups is 1. The van der Waals surface area contributed by atoms with Crippen LogP contribution in [0.25, 0.3) is 0 Å². The molecule has 1 aromatic heterocycles. The van der Waals surface area contributed by atoms with Crippen LogP contribution in [0.4, 0.5) is 5.82 Å². The smallest absolute Gasteiger partial charge is 0.253 e. The average molecular weight is 324 g/mol. The highest BCUT2D eigenvalue weighted by atomic mass is 16.3. The van der Waals surface area contributed by atoms with Crippen molar-refractivity contribution in [2.24, 2.45) is 11.8 Å². The van der Waals surface area contributed by atoms with Gasteiger partial charge in [-0.25, -0.2) is 4.98 Å². The van der Waals surface area contributed by atoms with Crippen LogP contribution in [0, 0.1) is 11.8 Å². The highest BCUT2D eigenvalue weighted by molar-refractivity contribution is 5.94. The fraction of sp³-hybridized carbons (Fsp3) is 0.389. The second kappa shape index (κ2) is 6.11. The number of hydrogen-bond donors (Lipinski definition) is 1. The maximum absolute atomic E-state index is 12.7. The third kappa shape index (κ3) is 2.79. The Hall–Kier alpha value is -2.63. The molecule has 2 aromatic rings. The first kappa shape index (κ1) is 14.9. The minimum absolute atomic E-state index is 0.0513. The van der Waals surface area contributed by atoms with Gasteiger partial charge in [0.2, 0.25) is 0 Å². The van der Waals surface area contributed by atoms with Crippen LogP contribution in [0.1, 0.15) is 16.8 Å². The normalized spacial score (nSPS) is 23.2. The molecule has 0 unspecified atom stereocenters. The van der Waals surface area contributed by atoms with E-state index in [1.54, 1.807) is 42.9 Å². The van der Waals surface area contributed by atoms with Gasteiger partial charge in [0.25, 0.3) is 5.91 Å². The molecule has 0 bridgehead atoms. The van der Waals surface area contributed by atoms with Crippen LogP contribution in [0.15, 0.2) is 42.9 Å². The molecule has 1 N–H and O–H groups in total. The lowest BCUT2D eigenvalue weighted by molar-refractivity contribution is 0.0784. The van der Waals surface area contributed by atoms with Gasteiger partial charge in [-0.2, -0.15) is 0 Å². The number of phenols is 1. The zero-order valence-electron chi connectivity index (χ0n) is 13.4. The lowest BCUT2D eigenvalue weighted by Crippen LogP contribution is -2.40. The summed E-state index contributed by atoms with van der Waals surface area (Å²) in [4.78, 5) is 25.4. The fourth-order valence-electron chi connectivity index (χ4n) is 3.78. The fourth-order valence-corrected chi connectivity index (χ4v) is 3.78. The van der Waals surface area contributed by atoms with Crippen LogP contribution in [-0.2, 0) is 0 Å². The van der Waals surface area contributed by atoms with Crippen LogP contribution < -0.4 is 4.90 Å². The third-order valence-corrected chi connectivity index (χ3v) is 5.08. The summed E-state index contributed by atoms with van der Waals surface area (Å²) < 4.78 is 0. The number of aromatic hydroxyl groups is 1. The lowest BCUT2D eigenvalue weighted by Gasteiger charge is -2.34. The van der Waals surface area contributed by atoms with Gasteiger partial charge in [-0.05, 0) is 42.5 Å². The van der Waals surface area contributed by atoms with E-state index in [4.69, 9.17) is 0 Å². The van der Waals surface area contributed by atoms with E-state index in [2.05, 4.69) is 14.9 Å². The van der Waals surface area contributed by atoms with Gasteiger partial charge in [0, 0.05) is 44.1 Å². The van der Waals surface area contributed by atoms with Gasteiger partial charge in [0.15, 0.2) is 0 Å². The van der Waals surface area contributed by atoms with Crippen LogP contribution in [0.3, 0.4) is 0 Å². The van der Waals surface area contributed by atoms with E-state index in [0.717, 1.165) is 38.4 Å². The summed E-state index contributed by atoms with van der Waals surface area (Å²) in [5.41, 5.74) is 0.636. The molecular weight excluding hydrogens is 304 g/mol. The number of hydrogen-bond acceptors (Lipinski definition) is 5. The summed E-state index contributed by atoms with van der Waals surface area (Å²) in [5, 5.41) is 9.37. The molecule has 24 heavy (non-hydrogen) atoms. The minimum Gasteiger partial charge on any atom is -0.508 e. The van der Waals surface area contributed by atoms with E-state index in [1.165, 1.54) is 0 Å². The molecule has 124 valence electrons. The van der Waals surface area contributed by atoms with Crippen LogP contribution in [0.2, 0.25) is 0 Å². The number of aromatic nitrogens is 2. The monoisotopic (exact) mass is 324 g/mol. The van der Waals surface area contributed by atoms with Gasteiger partial charge in [-0.3, -0.25) is 9.78 Å². The quantitative estimate of drug-likeness (QED) is 0.912. The van der Waals surface area contributed by atoms with Crippen LogP contribution in [-0.4, -0.2) is 52.1 Å². The standard InChI is InChI=1S/C18H20N4O2/c23-16-3-1-13(2-4-16)18(24)22-10-14-5-8-21(11-15(14)12-22)17-9-19-6-7-20-17/h1-4,6-7,9,14-15,23H,5,8,10-12H2/t14-,15+/m0/s1. The van der Waals surface area contributed by atoms with Gasteiger partial charge in [-0.15, -0.1) is 0 Å². The van der Waals surface area contributed by atoms with Crippen molar-refractivity contribution in [2.45, 2.75) is 6.42 Å². The second-order valence-electron chi connectivity index (χ2n) is 6.58. The van der Waals surface area contributed by atoms with Gasteiger partial charge in [0.05, 0.1) is 6.20 Å². The number of phenolic OH excluding ortho intramolecular Hbond substituents is 1. The summed E-state index contributed by atoms with van der Waals surface area (Å²) in [6.45, 7) is 3.48. The van der Waals surface area contributed by atoms with E-state index < -0.39 is 0 Å². The Morgan fingerprint density at radius 1 is 1.08 bits per heavy atom. The van der Waals surface area contributed by atoms with E-state index in [9.17, 15) is 9.90 Å². The van der Waals surface area contributed by atoms with Gasteiger partial charge in [0.1, 0.15) is 11.6 Å². The molecule has 2 aliphatic heterocycles. The van der Waals surface area contributed by atoms with E-state index in [0.29, 0.717) is 17.4 Å². The molecule has 0 saturated carbocycles. The van der Waals surface area contributed by atoms with E-state index in [-0.39, 0.29) is 11.7 Å². The largest absolute Gasteiger partial charge is 0.508 e. The Labute approximate surface area is 140 Å². The van der Waals surface area contributed by atoms with E-state index in [1.807, 2.05) is 4.90 Å². The number of rotatable bonds is 2. The zero-order valence-corrected chi connectivity index (χ0v) is 13.4. The number of anilines is 1. The number of benzene rings is 1. The molecular formula is C18H20N4O2. The third-order valence-electron chi connectivity index (χ3n) is 5.08. The molecule has 1 amide bonds. The molecule has 4 rings (SSSR count). The Morgan fingerprint density at radius 2 is 1.88 bits per heavy atom. The molecule has 3 heterocycles. The molecule has 2 fully saturated rings. The molecule has 2 saturated heterocycles. The Kier molecular flexibility index (Phi) is 3.80. The number of fused-ring (bicyclic) bond motifs is 1. The summed E-state index contributed by atoms with van der Waals surface area (Å²) in [7, 11) is 0. The predicted molar refractivity (Wildman–Crippen MR) is 89.9 cm³/mol. The van der Waals surface area contributed by atoms with Crippen molar-refractivity contribution in [3.05, 3.63) is 48.4 Å². The number of amides is 1. The lowest BCUT2D eigenvalue weighted by atomic mass is 9.89. The van der Waals surface area contributed by atoms with E-state index >= 15 is 0 Å². The Morgan fingerprint density at radius 3 is 2.62 bits per heavy atom. The molecule has 1 aromatic carbocycles. The second-order valence-corrected chi connectivity index (χ2v) is 6.58. The highest BCUT2D eigenvalue weighted by Crippen LogP contribution is 2.33. The van der Waals surface area contributed by atoms with Gasteiger partial charge in [-0.1, -0.05) is 0 Å². The molecule has 0 aliphatic carbocycles. The first-order valence-corrected chi connectivity index (χ1v) is 8.30. The summed E-state index contributed by atoms with van der Waals surface area (Å²) >= 11 is 0. The summed E-state index contributed by atoms with van der Waals surface area (Å²) in [6.07, 6.45) is 6.27. The number of nitrogens with zero attached hydrogens (tertiary/aromatic N) is 4. The number of carbonyl (C=O) groups excluding carboxylic acids is 1. The number of likely N-dealkylation sites (tertiary alicyclic amines) is 1. The first-order valence-electron chi connectivity index (χ1n) is 8.30. The van der Waals surface area contributed by atoms with Crippen molar-refractivity contribution < 1.29 is 9.90 Å². The summed E-state index contributed by atoms with van der Waals surface area (Å²) in [5.74, 6) is 2.18. The molecule has 2 atom stereocenters.